The van der Waals surface area contributed by atoms with E-state index in [4.69, 9.17) is 4.74 Å². The molecule has 142 valence electrons. The Morgan fingerprint density at radius 2 is 2.11 bits per heavy atom. The molecule has 0 bridgehead atoms. The van der Waals surface area contributed by atoms with E-state index in [0.717, 1.165) is 17.0 Å². The van der Waals surface area contributed by atoms with Crippen LogP contribution >= 0.6 is 0 Å². The maximum atomic E-state index is 13.7. The monoisotopic (exact) mass is 369 g/mol. The minimum atomic E-state index is -0.532. The van der Waals surface area contributed by atoms with Gasteiger partial charge >= 0.3 is 0 Å². The smallest absolute Gasteiger partial charge is 0.262 e. The van der Waals surface area contributed by atoms with Crippen molar-refractivity contribution < 1.29 is 13.9 Å². The van der Waals surface area contributed by atoms with E-state index >= 15 is 0 Å². The van der Waals surface area contributed by atoms with Gasteiger partial charge < -0.3 is 14.6 Å². The van der Waals surface area contributed by atoms with Gasteiger partial charge in [0.05, 0.1) is 12.6 Å². The molecular weight excluding hydrogens is 345 g/mol. The standard InChI is InChI=1S/C21H24FN3O2/c1-14-9-18(16(3)25(14)15(2)13-27-4)10-19(11-23)21(26)24-12-17-7-5-6-8-20(17)22/h5-10,15H,12-13H2,1-4H3,(H,24,26)/b19-10+. The number of benzene rings is 1. The fourth-order valence-electron chi connectivity index (χ4n) is 3.16. The zero-order valence-electron chi connectivity index (χ0n) is 16.0. The molecule has 2 rings (SSSR count). The SMILES string of the molecule is COCC(C)n1c(C)cc(/C=C(\C#N)C(=O)NCc2ccccc2F)c1C. The maximum absolute atomic E-state index is 13.7. The van der Waals surface area contributed by atoms with Crippen LogP contribution in [-0.2, 0) is 16.1 Å². The summed E-state index contributed by atoms with van der Waals surface area (Å²) in [5.74, 6) is -0.925. The zero-order chi connectivity index (χ0) is 20.0. The number of nitrogens with one attached hydrogen (secondary N) is 1. The Hall–Kier alpha value is -2.91. The average molecular weight is 369 g/mol. The molecule has 0 aliphatic carbocycles. The molecule has 1 unspecified atom stereocenters. The van der Waals surface area contributed by atoms with E-state index in [0.29, 0.717) is 12.2 Å². The van der Waals surface area contributed by atoms with Crippen molar-refractivity contribution in [3.8, 4) is 6.07 Å². The number of aryl methyl sites for hydroxylation is 1. The molecule has 0 aliphatic heterocycles. The van der Waals surface area contributed by atoms with Gasteiger partial charge in [-0.1, -0.05) is 18.2 Å². The summed E-state index contributed by atoms with van der Waals surface area (Å²) in [5, 5.41) is 12.0. The van der Waals surface area contributed by atoms with Crippen LogP contribution in [0.1, 0.15) is 35.5 Å². The molecule has 0 spiro atoms. The minimum Gasteiger partial charge on any atom is -0.383 e. The molecule has 1 aromatic carbocycles. The van der Waals surface area contributed by atoms with Crippen molar-refractivity contribution in [2.45, 2.75) is 33.4 Å². The molecule has 2 aromatic rings. The number of aromatic nitrogens is 1. The van der Waals surface area contributed by atoms with Gasteiger partial charge in [0, 0.05) is 30.6 Å². The third kappa shape index (κ3) is 4.83. The molecule has 0 radical (unpaired) electrons. The highest BCUT2D eigenvalue weighted by Gasteiger charge is 2.16. The molecule has 0 saturated carbocycles. The number of amides is 1. The first-order valence-electron chi connectivity index (χ1n) is 8.69. The molecule has 0 fully saturated rings. The lowest BCUT2D eigenvalue weighted by Gasteiger charge is -2.17. The van der Waals surface area contributed by atoms with Crippen LogP contribution in [0.3, 0.4) is 0 Å². The third-order valence-corrected chi connectivity index (χ3v) is 4.43. The van der Waals surface area contributed by atoms with Gasteiger partial charge in [0.25, 0.3) is 5.91 Å². The van der Waals surface area contributed by atoms with Crippen molar-refractivity contribution in [1.29, 1.82) is 5.26 Å². The molecule has 27 heavy (non-hydrogen) atoms. The van der Waals surface area contributed by atoms with Crippen LogP contribution in [0.4, 0.5) is 4.39 Å². The van der Waals surface area contributed by atoms with Gasteiger partial charge in [0.1, 0.15) is 17.5 Å². The molecule has 0 aliphatic rings. The van der Waals surface area contributed by atoms with Crippen molar-refractivity contribution >= 4 is 12.0 Å². The van der Waals surface area contributed by atoms with Gasteiger partial charge in [0.2, 0.25) is 0 Å². The first-order valence-corrected chi connectivity index (χ1v) is 8.69. The Morgan fingerprint density at radius 1 is 1.41 bits per heavy atom. The lowest BCUT2D eigenvalue weighted by atomic mass is 10.1. The van der Waals surface area contributed by atoms with E-state index < -0.39 is 11.7 Å². The van der Waals surface area contributed by atoms with E-state index in [-0.39, 0.29) is 18.2 Å². The van der Waals surface area contributed by atoms with Crippen molar-refractivity contribution in [1.82, 2.24) is 9.88 Å². The van der Waals surface area contributed by atoms with E-state index in [2.05, 4.69) is 9.88 Å². The van der Waals surface area contributed by atoms with Crippen LogP contribution in [0.15, 0.2) is 35.9 Å². The van der Waals surface area contributed by atoms with Crippen molar-refractivity contribution in [2.24, 2.45) is 0 Å². The van der Waals surface area contributed by atoms with E-state index in [1.165, 1.54) is 6.07 Å². The van der Waals surface area contributed by atoms with Crippen LogP contribution in [0, 0.1) is 31.0 Å². The number of hydrogen-bond acceptors (Lipinski definition) is 3. The highest BCUT2D eigenvalue weighted by Crippen LogP contribution is 2.22. The fraction of sp³-hybridized carbons (Fsp3) is 0.333. The molecule has 6 heteroatoms. The van der Waals surface area contributed by atoms with Crippen LogP contribution in [0.2, 0.25) is 0 Å². The highest BCUT2D eigenvalue weighted by atomic mass is 19.1. The average Bonchev–Trinajstić information content (AvgIpc) is 2.92. The van der Waals surface area contributed by atoms with Gasteiger partial charge in [-0.2, -0.15) is 5.26 Å². The minimum absolute atomic E-state index is 0.0222. The predicted octanol–water partition coefficient (Wildman–Crippen LogP) is 3.67. The number of carbonyl (C=O) groups is 1. The third-order valence-electron chi connectivity index (χ3n) is 4.43. The van der Waals surface area contributed by atoms with E-state index in [9.17, 15) is 14.4 Å². The Morgan fingerprint density at radius 3 is 2.74 bits per heavy atom. The van der Waals surface area contributed by atoms with Gasteiger partial charge in [-0.3, -0.25) is 4.79 Å². The normalized spacial score (nSPS) is 12.5. The molecule has 1 N–H and O–H groups in total. The number of methoxy groups -OCH3 is 1. The number of rotatable bonds is 7. The summed E-state index contributed by atoms with van der Waals surface area (Å²) in [7, 11) is 1.65. The quantitative estimate of drug-likeness (QED) is 0.598. The van der Waals surface area contributed by atoms with Crippen LogP contribution in [-0.4, -0.2) is 24.2 Å². The van der Waals surface area contributed by atoms with E-state index in [1.54, 1.807) is 31.4 Å². The molecule has 1 atom stereocenters. The summed E-state index contributed by atoms with van der Waals surface area (Å²) < 4.78 is 21.0. The summed E-state index contributed by atoms with van der Waals surface area (Å²) >= 11 is 0. The second-order valence-corrected chi connectivity index (χ2v) is 6.44. The molecule has 1 heterocycles. The first kappa shape index (κ1) is 20.4. The molecule has 5 nitrogen and oxygen atoms in total. The van der Waals surface area contributed by atoms with Crippen LogP contribution in [0.25, 0.3) is 6.08 Å². The number of nitriles is 1. The molecule has 1 aromatic heterocycles. The number of halogens is 1. The Labute approximate surface area is 159 Å². The number of hydrogen-bond donors (Lipinski definition) is 1. The molecule has 0 saturated heterocycles. The van der Waals surface area contributed by atoms with E-state index in [1.807, 2.05) is 32.9 Å². The van der Waals surface area contributed by atoms with Crippen molar-refractivity contribution in [2.75, 3.05) is 13.7 Å². The van der Waals surface area contributed by atoms with Gasteiger partial charge in [-0.25, -0.2) is 4.39 Å². The highest BCUT2D eigenvalue weighted by molar-refractivity contribution is 6.01. The second-order valence-electron chi connectivity index (χ2n) is 6.44. The lowest BCUT2D eigenvalue weighted by molar-refractivity contribution is -0.117. The maximum Gasteiger partial charge on any atom is 0.262 e. The number of ether oxygens (including phenoxy) is 1. The molecule has 1 amide bonds. The lowest BCUT2D eigenvalue weighted by Crippen LogP contribution is -2.24. The summed E-state index contributed by atoms with van der Waals surface area (Å²) in [5.41, 5.74) is 3.12. The van der Waals surface area contributed by atoms with Gasteiger partial charge in [-0.15, -0.1) is 0 Å². The number of carbonyl (C=O) groups excluding carboxylic acids is 1. The van der Waals surface area contributed by atoms with Crippen LogP contribution in [0.5, 0.6) is 0 Å². The van der Waals surface area contributed by atoms with Gasteiger partial charge in [0.15, 0.2) is 0 Å². The Kier molecular flexibility index (Phi) is 6.91. The van der Waals surface area contributed by atoms with Crippen molar-refractivity contribution in [3.05, 3.63) is 64.2 Å². The number of nitrogens with zero attached hydrogens (tertiary/aromatic N) is 2. The summed E-state index contributed by atoms with van der Waals surface area (Å²) in [6.45, 7) is 6.55. The van der Waals surface area contributed by atoms with Crippen molar-refractivity contribution in [3.63, 3.8) is 0 Å². The van der Waals surface area contributed by atoms with Gasteiger partial charge in [-0.05, 0) is 44.5 Å². The Bertz CT molecular complexity index is 893. The predicted molar refractivity (Wildman–Crippen MR) is 102 cm³/mol. The summed E-state index contributed by atoms with van der Waals surface area (Å²) in [6, 6.07) is 10.2. The first-order chi connectivity index (χ1) is 12.9. The van der Waals surface area contributed by atoms with Crippen LogP contribution < -0.4 is 5.32 Å². The summed E-state index contributed by atoms with van der Waals surface area (Å²) in [6.07, 6.45) is 1.56. The topological polar surface area (TPSA) is 67.0 Å². The Balaban J connectivity index is 2.21. The summed E-state index contributed by atoms with van der Waals surface area (Å²) in [4.78, 5) is 12.4. The largest absolute Gasteiger partial charge is 0.383 e. The fourth-order valence-corrected chi connectivity index (χ4v) is 3.16. The second kappa shape index (κ2) is 9.15. The molecular formula is C21H24FN3O2. The zero-order valence-corrected chi connectivity index (χ0v) is 16.0.